The lowest BCUT2D eigenvalue weighted by atomic mass is 9.89. The molecule has 0 saturated carbocycles. The number of nitrogens with zero attached hydrogens (tertiary/aromatic N) is 1. The zero-order valence-electron chi connectivity index (χ0n) is 26.5. The second-order valence-corrected chi connectivity index (χ2v) is 12.1. The van der Waals surface area contributed by atoms with Gasteiger partial charge in [-0.25, -0.2) is 0 Å². The Bertz CT molecular complexity index is 1540. The first-order valence-electron chi connectivity index (χ1n) is 15.6. The van der Waals surface area contributed by atoms with Crippen LogP contribution < -0.4 is 5.32 Å². The summed E-state index contributed by atoms with van der Waals surface area (Å²) in [5.41, 5.74) is 6.76. The molecule has 4 aromatic rings. The number of aliphatic hydroxyl groups is 2. The van der Waals surface area contributed by atoms with Crippen molar-refractivity contribution in [1.29, 1.82) is 0 Å². The van der Waals surface area contributed by atoms with E-state index < -0.39 is 12.4 Å². The highest BCUT2D eigenvalue weighted by Crippen LogP contribution is 2.42. The maximum atomic E-state index is 11.4. The molecule has 236 valence electrons. The van der Waals surface area contributed by atoms with Crippen molar-refractivity contribution in [2.75, 3.05) is 13.6 Å². The van der Waals surface area contributed by atoms with Crippen LogP contribution in [0, 0.1) is 5.92 Å². The molecule has 0 radical (unpaired) electrons. The van der Waals surface area contributed by atoms with Crippen LogP contribution >= 0.6 is 0 Å². The minimum absolute atomic E-state index is 0.0124. The highest BCUT2D eigenvalue weighted by atomic mass is 16.7. The highest BCUT2D eigenvalue weighted by molar-refractivity contribution is 5.73. The van der Waals surface area contributed by atoms with Gasteiger partial charge in [0.05, 0.1) is 24.9 Å². The molecule has 7 nitrogen and oxygen atoms in total. The maximum Gasteiger partial charge on any atom is 0.217 e. The van der Waals surface area contributed by atoms with Crippen LogP contribution in [0.4, 0.5) is 0 Å². The molecule has 5 rings (SSSR count). The molecule has 45 heavy (non-hydrogen) atoms. The molecule has 0 spiro atoms. The van der Waals surface area contributed by atoms with Gasteiger partial charge in [-0.3, -0.25) is 9.69 Å². The first-order valence-corrected chi connectivity index (χ1v) is 15.6. The van der Waals surface area contributed by atoms with Gasteiger partial charge < -0.3 is 25.0 Å². The second kappa shape index (κ2) is 15.0. The van der Waals surface area contributed by atoms with Crippen LogP contribution in [-0.4, -0.2) is 46.8 Å². The molecule has 0 bridgehead atoms. The molecule has 1 amide bonds. The quantitative estimate of drug-likeness (QED) is 0.184. The smallest absolute Gasteiger partial charge is 0.217 e. The Balaban J connectivity index is 1.41. The van der Waals surface area contributed by atoms with Crippen LogP contribution in [-0.2, 0) is 27.4 Å². The Labute approximate surface area is 266 Å². The van der Waals surface area contributed by atoms with Crippen molar-refractivity contribution in [2.24, 2.45) is 5.92 Å². The third kappa shape index (κ3) is 8.06. The van der Waals surface area contributed by atoms with E-state index in [0.717, 1.165) is 38.9 Å². The molecule has 0 unspecified atom stereocenters. The predicted octanol–water partition coefficient (Wildman–Crippen LogP) is 6.33. The second-order valence-electron chi connectivity index (χ2n) is 12.1. The van der Waals surface area contributed by atoms with Gasteiger partial charge in [0, 0.05) is 37.5 Å². The van der Waals surface area contributed by atoms with Gasteiger partial charge in [-0.05, 0) is 59.5 Å². The Morgan fingerprint density at radius 3 is 2.24 bits per heavy atom. The molecule has 0 aliphatic carbocycles. The van der Waals surface area contributed by atoms with Crippen molar-refractivity contribution in [2.45, 2.75) is 64.6 Å². The van der Waals surface area contributed by atoms with E-state index in [1.165, 1.54) is 6.92 Å². The molecule has 6 atom stereocenters. The zero-order valence-corrected chi connectivity index (χ0v) is 26.5. The number of nitrogens with one attached hydrogen (secondary N) is 1. The highest BCUT2D eigenvalue weighted by Gasteiger charge is 2.39. The Morgan fingerprint density at radius 1 is 0.867 bits per heavy atom. The zero-order chi connectivity index (χ0) is 31.9. The van der Waals surface area contributed by atoms with Gasteiger partial charge in [0.1, 0.15) is 0 Å². The standard InChI is InChI=1S/C38H44N2O5/c1-25-35(23-40(4)26(2)36(43)30-11-6-5-7-12-30)44-38(45-37(25)31-18-16-28(24-41)17-19-31)34-15-9-14-33(21-34)32-13-8-10-29(20-32)22-39-27(3)42/h5-21,25-26,35-38,41,43H,22-24H2,1-4H3,(H,39,42)/t25-,26+,35+,36+,37+,38+/m0/s1. The van der Waals surface area contributed by atoms with E-state index in [2.05, 4.69) is 41.4 Å². The van der Waals surface area contributed by atoms with Crippen LogP contribution in [0.15, 0.2) is 103 Å². The average Bonchev–Trinajstić information content (AvgIpc) is 3.08. The lowest BCUT2D eigenvalue weighted by molar-refractivity contribution is -0.276. The van der Waals surface area contributed by atoms with Crippen LogP contribution in [0.3, 0.4) is 0 Å². The molecule has 1 aliphatic rings. The number of amides is 1. The number of hydrogen-bond donors (Lipinski definition) is 3. The SMILES string of the molecule is CC(=O)NCc1cccc(-c2cccc([C@@H]3O[C@H](CN(C)[C@H](C)[C@@H](O)c4ccccc4)[C@H](C)[C@H](c4ccc(CO)cc4)O3)c2)c1. The largest absolute Gasteiger partial charge is 0.392 e. The van der Waals surface area contributed by atoms with E-state index in [1.807, 2.05) is 92.8 Å². The minimum atomic E-state index is -0.637. The lowest BCUT2D eigenvalue weighted by Gasteiger charge is -2.43. The van der Waals surface area contributed by atoms with Crippen LogP contribution in [0.5, 0.6) is 0 Å². The lowest BCUT2D eigenvalue weighted by Crippen LogP contribution is -2.46. The van der Waals surface area contributed by atoms with E-state index in [0.29, 0.717) is 13.1 Å². The van der Waals surface area contributed by atoms with E-state index in [4.69, 9.17) is 9.47 Å². The molecule has 1 heterocycles. The van der Waals surface area contributed by atoms with Crippen molar-refractivity contribution in [3.63, 3.8) is 0 Å². The van der Waals surface area contributed by atoms with Crippen molar-refractivity contribution < 1.29 is 24.5 Å². The van der Waals surface area contributed by atoms with Gasteiger partial charge >= 0.3 is 0 Å². The van der Waals surface area contributed by atoms with E-state index in [1.54, 1.807) is 0 Å². The van der Waals surface area contributed by atoms with Crippen molar-refractivity contribution >= 4 is 5.91 Å². The summed E-state index contributed by atoms with van der Waals surface area (Å²) in [7, 11) is 2.02. The summed E-state index contributed by atoms with van der Waals surface area (Å²) in [4.78, 5) is 13.6. The summed E-state index contributed by atoms with van der Waals surface area (Å²) < 4.78 is 13.4. The van der Waals surface area contributed by atoms with Gasteiger partial charge in [-0.1, -0.05) is 97.9 Å². The molecule has 1 fully saturated rings. The monoisotopic (exact) mass is 608 g/mol. The molecule has 4 aromatic carbocycles. The molecular weight excluding hydrogens is 564 g/mol. The van der Waals surface area contributed by atoms with Gasteiger partial charge in [0.25, 0.3) is 0 Å². The van der Waals surface area contributed by atoms with Crippen molar-refractivity contribution in [1.82, 2.24) is 10.2 Å². The molecular formula is C38H44N2O5. The summed E-state index contributed by atoms with van der Waals surface area (Å²) in [5, 5.41) is 23.6. The first-order chi connectivity index (χ1) is 21.7. The van der Waals surface area contributed by atoms with Crippen LogP contribution in [0.1, 0.15) is 67.1 Å². The predicted molar refractivity (Wildman–Crippen MR) is 176 cm³/mol. The molecule has 0 aromatic heterocycles. The molecule has 1 saturated heterocycles. The Morgan fingerprint density at radius 2 is 1.56 bits per heavy atom. The van der Waals surface area contributed by atoms with Gasteiger partial charge in [0.15, 0.2) is 6.29 Å². The summed E-state index contributed by atoms with van der Waals surface area (Å²) in [6.07, 6.45) is -1.68. The number of carbonyl (C=O) groups excluding carboxylic acids is 1. The Hall–Kier alpha value is -3.85. The fourth-order valence-corrected chi connectivity index (χ4v) is 5.90. The molecule has 7 heteroatoms. The summed E-state index contributed by atoms with van der Waals surface area (Å²) >= 11 is 0. The first kappa shape index (κ1) is 32.5. The Kier molecular flexibility index (Phi) is 10.8. The number of aliphatic hydroxyl groups excluding tert-OH is 2. The number of ether oxygens (including phenoxy) is 2. The normalized spacial score (nSPS) is 21.3. The van der Waals surface area contributed by atoms with Gasteiger partial charge in [0.2, 0.25) is 5.91 Å². The topological polar surface area (TPSA) is 91.3 Å². The number of carbonyl (C=O) groups is 1. The van der Waals surface area contributed by atoms with Crippen LogP contribution in [0.25, 0.3) is 11.1 Å². The number of likely N-dealkylation sites (N-methyl/N-ethyl adjacent to an activating group) is 1. The van der Waals surface area contributed by atoms with Crippen molar-refractivity contribution in [3.8, 4) is 11.1 Å². The molecule has 1 aliphatic heterocycles. The third-order valence-electron chi connectivity index (χ3n) is 8.85. The average molecular weight is 609 g/mol. The van der Waals surface area contributed by atoms with Crippen LogP contribution in [0.2, 0.25) is 0 Å². The van der Waals surface area contributed by atoms with E-state index in [9.17, 15) is 15.0 Å². The number of hydrogen-bond acceptors (Lipinski definition) is 6. The summed E-state index contributed by atoms with van der Waals surface area (Å²) in [5.74, 6) is -0.0497. The number of rotatable bonds is 11. The third-order valence-corrected chi connectivity index (χ3v) is 8.85. The van der Waals surface area contributed by atoms with Gasteiger partial charge in [-0.15, -0.1) is 0 Å². The van der Waals surface area contributed by atoms with Gasteiger partial charge in [-0.2, -0.15) is 0 Å². The summed E-state index contributed by atoms with van der Waals surface area (Å²) in [6.45, 7) is 6.76. The fourth-order valence-electron chi connectivity index (χ4n) is 5.90. The summed E-state index contributed by atoms with van der Waals surface area (Å²) in [6, 6.07) is 33.9. The molecule has 3 N–H and O–H groups in total. The fraction of sp³-hybridized carbons (Fsp3) is 0.342. The van der Waals surface area contributed by atoms with E-state index in [-0.39, 0.29) is 36.7 Å². The minimum Gasteiger partial charge on any atom is -0.392 e. The van der Waals surface area contributed by atoms with E-state index >= 15 is 0 Å². The van der Waals surface area contributed by atoms with Crippen molar-refractivity contribution in [3.05, 3.63) is 131 Å². The maximum absolute atomic E-state index is 11.4. The number of benzene rings is 4.